The standard InChI is InChI=1S/C8H10N2O3/c1-12-4-5-13-8(11)7-6-9-2-3-10-7/h2-3,6H,4-5H2,1H3. The molecule has 0 saturated heterocycles. The predicted molar refractivity (Wildman–Crippen MR) is 44.2 cm³/mol. The Balaban J connectivity index is 2.40. The van der Waals surface area contributed by atoms with E-state index >= 15 is 0 Å². The highest BCUT2D eigenvalue weighted by molar-refractivity contribution is 5.86. The molecule has 0 radical (unpaired) electrons. The van der Waals surface area contributed by atoms with Crippen molar-refractivity contribution in [1.82, 2.24) is 9.97 Å². The molecule has 0 fully saturated rings. The van der Waals surface area contributed by atoms with Crippen molar-refractivity contribution in [3.63, 3.8) is 0 Å². The van der Waals surface area contributed by atoms with Crippen molar-refractivity contribution in [3.05, 3.63) is 24.3 Å². The van der Waals surface area contributed by atoms with Crippen LogP contribution in [0.2, 0.25) is 0 Å². The third-order valence-corrected chi connectivity index (χ3v) is 1.29. The van der Waals surface area contributed by atoms with Crippen LogP contribution < -0.4 is 0 Å². The quantitative estimate of drug-likeness (QED) is 0.494. The lowest BCUT2D eigenvalue weighted by atomic mass is 10.5. The fourth-order valence-corrected chi connectivity index (χ4v) is 0.696. The van der Waals surface area contributed by atoms with E-state index in [1.54, 1.807) is 0 Å². The van der Waals surface area contributed by atoms with Crippen molar-refractivity contribution >= 4 is 5.97 Å². The zero-order valence-electron chi connectivity index (χ0n) is 7.27. The van der Waals surface area contributed by atoms with Gasteiger partial charge >= 0.3 is 5.97 Å². The first-order valence-electron chi connectivity index (χ1n) is 3.76. The molecule has 1 aromatic heterocycles. The highest BCUT2D eigenvalue weighted by Gasteiger charge is 2.06. The summed E-state index contributed by atoms with van der Waals surface area (Å²) < 4.78 is 9.52. The Kier molecular flexibility index (Phi) is 3.84. The average Bonchev–Trinajstić information content (AvgIpc) is 2.19. The minimum atomic E-state index is -0.481. The second-order valence-electron chi connectivity index (χ2n) is 2.22. The van der Waals surface area contributed by atoms with E-state index in [-0.39, 0.29) is 12.3 Å². The van der Waals surface area contributed by atoms with E-state index in [9.17, 15) is 4.79 Å². The zero-order chi connectivity index (χ0) is 9.52. The molecule has 0 bridgehead atoms. The van der Waals surface area contributed by atoms with Gasteiger partial charge in [-0.3, -0.25) is 4.98 Å². The maximum Gasteiger partial charge on any atom is 0.358 e. The van der Waals surface area contributed by atoms with E-state index in [1.165, 1.54) is 25.7 Å². The Morgan fingerprint density at radius 3 is 2.92 bits per heavy atom. The van der Waals surface area contributed by atoms with Gasteiger partial charge in [0.15, 0.2) is 5.69 Å². The van der Waals surface area contributed by atoms with Crippen LogP contribution in [-0.4, -0.2) is 36.3 Å². The summed E-state index contributed by atoms with van der Waals surface area (Å²) in [4.78, 5) is 18.7. The van der Waals surface area contributed by atoms with Crippen molar-refractivity contribution in [1.29, 1.82) is 0 Å². The number of nitrogens with zero attached hydrogens (tertiary/aromatic N) is 2. The molecule has 0 aliphatic carbocycles. The molecule has 0 saturated carbocycles. The van der Waals surface area contributed by atoms with Crippen molar-refractivity contribution in [3.8, 4) is 0 Å². The Morgan fingerprint density at radius 2 is 2.31 bits per heavy atom. The molecule has 1 aromatic rings. The molecule has 0 spiro atoms. The maximum absolute atomic E-state index is 11.1. The lowest BCUT2D eigenvalue weighted by molar-refractivity contribution is 0.0381. The van der Waals surface area contributed by atoms with Gasteiger partial charge < -0.3 is 9.47 Å². The summed E-state index contributed by atoms with van der Waals surface area (Å²) in [5, 5.41) is 0. The molecule has 0 aromatic carbocycles. The molecule has 0 unspecified atom stereocenters. The zero-order valence-corrected chi connectivity index (χ0v) is 7.27. The van der Waals surface area contributed by atoms with E-state index in [2.05, 4.69) is 9.97 Å². The first-order valence-corrected chi connectivity index (χ1v) is 3.76. The Bertz CT molecular complexity index is 263. The van der Waals surface area contributed by atoms with Gasteiger partial charge in [0, 0.05) is 19.5 Å². The van der Waals surface area contributed by atoms with E-state index in [1.807, 2.05) is 0 Å². The second kappa shape index (κ2) is 5.21. The number of hydrogen-bond acceptors (Lipinski definition) is 5. The summed E-state index contributed by atoms with van der Waals surface area (Å²) in [7, 11) is 1.54. The molecule has 1 heterocycles. The summed E-state index contributed by atoms with van der Waals surface area (Å²) in [6.45, 7) is 0.609. The molecule has 70 valence electrons. The number of esters is 1. The highest BCUT2D eigenvalue weighted by Crippen LogP contribution is 1.93. The van der Waals surface area contributed by atoms with Gasteiger partial charge in [0.1, 0.15) is 6.61 Å². The van der Waals surface area contributed by atoms with E-state index in [4.69, 9.17) is 9.47 Å². The molecular formula is C8H10N2O3. The lowest BCUT2D eigenvalue weighted by Crippen LogP contribution is -2.11. The summed E-state index contributed by atoms with van der Waals surface area (Å²) in [6, 6.07) is 0. The van der Waals surface area contributed by atoms with Gasteiger partial charge in [-0.25, -0.2) is 9.78 Å². The van der Waals surface area contributed by atoms with E-state index in [0.29, 0.717) is 6.61 Å². The molecule has 5 heteroatoms. The SMILES string of the molecule is COCCOC(=O)c1cnccn1. The fourth-order valence-electron chi connectivity index (χ4n) is 0.696. The molecular weight excluding hydrogens is 172 g/mol. The molecule has 13 heavy (non-hydrogen) atoms. The van der Waals surface area contributed by atoms with Gasteiger partial charge in [0.2, 0.25) is 0 Å². The monoisotopic (exact) mass is 182 g/mol. The number of rotatable bonds is 4. The Morgan fingerprint density at radius 1 is 1.46 bits per heavy atom. The van der Waals surface area contributed by atoms with Gasteiger partial charge in [0.05, 0.1) is 12.8 Å². The van der Waals surface area contributed by atoms with Crippen LogP contribution in [-0.2, 0) is 9.47 Å². The van der Waals surface area contributed by atoms with Crippen molar-refractivity contribution in [2.45, 2.75) is 0 Å². The van der Waals surface area contributed by atoms with Crippen LogP contribution in [0, 0.1) is 0 Å². The van der Waals surface area contributed by atoms with Crippen LogP contribution >= 0.6 is 0 Å². The smallest absolute Gasteiger partial charge is 0.358 e. The van der Waals surface area contributed by atoms with Crippen LogP contribution in [0.5, 0.6) is 0 Å². The summed E-state index contributed by atoms with van der Waals surface area (Å²) in [6.07, 6.45) is 4.29. The molecule has 0 amide bonds. The second-order valence-corrected chi connectivity index (χ2v) is 2.22. The Labute approximate surface area is 75.7 Å². The largest absolute Gasteiger partial charge is 0.458 e. The van der Waals surface area contributed by atoms with Crippen LogP contribution in [0.3, 0.4) is 0 Å². The highest BCUT2D eigenvalue weighted by atomic mass is 16.6. The van der Waals surface area contributed by atoms with Gasteiger partial charge in [-0.2, -0.15) is 0 Å². The maximum atomic E-state index is 11.1. The minimum absolute atomic E-state index is 0.207. The number of hydrogen-bond donors (Lipinski definition) is 0. The van der Waals surface area contributed by atoms with Gasteiger partial charge in [-0.15, -0.1) is 0 Å². The minimum Gasteiger partial charge on any atom is -0.458 e. The molecule has 0 atom stereocenters. The third kappa shape index (κ3) is 3.16. The number of methoxy groups -OCH3 is 1. The van der Waals surface area contributed by atoms with Gasteiger partial charge in [0.25, 0.3) is 0 Å². The van der Waals surface area contributed by atoms with Crippen molar-refractivity contribution < 1.29 is 14.3 Å². The van der Waals surface area contributed by atoms with Crippen LogP contribution in [0.25, 0.3) is 0 Å². The normalized spacial score (nSPS) is 9.62. The number of carbonyl (C=O) groups excluding carboxylic acids is 1. The van der Waals surface area contributed by atoms with Gasteiger partial charge in [-0.1, -0.05) is 0 Å². The average molecular weight is 182 g/mol. The van der Waals surface area contributed by atoms with E-state index < -0.39 is 5.97 Å². The number of ether oxygens (including phenoxy) is 2. The van der Waals surface area contributed by atoms with Crippen LogP contribution in [0.15, 0.2) is 18.6 Å². The summed E-state index contributed by atoms with van der Waals surface area (Å²) >= 11 is 0. The lowest BCUT2D eigenvalue weighted by Gasteiger charge is -2.01. The topological polar surface area (TPSA) is 61.3 Å². The molecule has 5 nitrogen and oxygen atoms in total. The van der Waals surface area contributed by atoms with Gasteiger partial charge in [-0.05, 0) is 0 Å². The summed E-state index contributed by atoms with van der Waals surface area (Å²) in [5.74, 6) is -0.481. The fraction of sp³-hybridized carbons (Fsp3) is 0.375. The predicted octanol–water partition coefficient (Wildman–Crippen LogP) is 0.280. The van der Waals surface area contributed by atoms with Crippen LogP contribution in [0.4, 0.5) is 0 Å². The van der Waals surface area contributed by atoms with Crippen LogP contribution in [0.1, 0.15) is 10.5 Å². The first kappa shape index (κ1) is 9.60. The third-order valence-electron chi connectivity index (χ3n) is 1.29. The van der Waals surface area contributed by atoms with Crippen molar-refractivity contribution in [2.24, 2.45) is 0 Å². The summed E-state index contributed by atoms with van der Waals surface area (Å²) in [5.41, 5.74) is 0.207. The number of carbonyl (C=O) groups is 1. The number of aromatic nitrogens is 2. The molecule has 1 rings (SSSR count). The van der Waals surface area contributed by atoms with E-state index in [0.717, 1.165) is 0 Å². The molecule has 0 aliphatic rings. The molecule has 0 aliphatic heterocycles. The molecule has 0 N–H and O–H groups in total. The Hall–Kier alpha value is -1.49. The first-order chi connectivity index (χ1) is 6.34. The van der Waals surface area contributed by atoms with Crippen molar-refractivity contribution in [2.75, 3.05) is 20.3 Å².